The molecule has 1 N–H and O–H groups in total. The number of amides is 1. The Morgan fingerprint density at radius 3 is 2.81 bits per heavy atom. The third-order valence-corrected chi connectivity index (χ3v) is 5.52. The molecule has 27 heavy (non-hydrogen) atoms. The van der Waals surface area contributed by atoms with Crippen molar-refractivity contribution in [3.05, 3.63) is 61.9 Å². The van der Waals surface area contributed by atoms with Crippen molar-refractivity contribution < 1.29 is 9.53 Å². The lowest BCUT2D eigenvalue weighted by Crippen LogP contribution is -2.20. The maximum Gasteiger partial charge on any atom is 0.264 e. The number of thiazole rings is 1. The summed E-state index contributed by atoms with van der Waals surface area (Å²) in [5.74, 6) is 0.423. The van der Waals surface area contributed by atoms with Crippen LogP contribution in [0.2, 0.25) is 10.0 Å². The quantitative estimate of drug-likeness (QED) is 0.435. The van der Waals surface area contributed by atoms with Gasteiger partial charge in [-0.25, -0.2) is 4.98 Å². The summed E-state index contributed by atoms with van der Waals surface area (Å²) in [6.07, 6.45) is 0.814. The summed E-state index contributed by atoms with van der Waals surface area (Å²) in [6, 6.07) is 10.9. The van der Waals surface area contributed by atoms with Crippen molar-refractivity contribution in [2.24, 2.45) is 0 Å². The van der Waals surface area contributed by atoms with E-state index in [0.717, 1.165) is 22.0 Å². The number of ether oxygens (including phenoxy) is 1. The monoisotopic (exact) mass is 484 g/mol. The summed E-state index contributed by atoms with van der Waals surface area (Å²) in [5.41, 5.74) is 2.47. The Labute approximate surface area is 179 Å². The van der Waals surface area contributed by atoms with E-state index in [0.29, 0.717) is 26.6 Å². The summed E-state index contributed by atoms with van der Waals surface area (Å²) in [5, 5.41) is 6.13. The summed E-state index contributed by atoms with van der Waals surface area (Å²) >= 11 is 16.9. The maximum atomic E-state index is 12.2. The molecule has 1 amide bonds. The van der Waals surface area contributed by atoms with Crippen LogP contribution >= 0.6 is 50.5 Å². The average molecular weight is 486 g/mol. The van der Waals surface area contributed by atoms with Crippen molar-refractivity contribution in [1.82, 2.24) is 4.98 Å². The number of nitrogens with zero attached hydrogens (tertiary/aromatic N) is 1. The molecular weight excluding hydrogens is 471 g/mol. The molecule has 0 saturated heterocycles. The molecular formula is C19H15BrCl2N2O2S. The largest absolute Gasteiger partial charge is 0.483 e. The highest BCUT2D eigenvalue weighted by Gasteiger charge is 2.12. The van der Waals surface area contributed by atoms with Gasteiger partial charge < -0.3 is 4.74 Å². The van der Waals surface area contributed by atoms with Crippen LogP contribution in [0.25, 0.3) is 11.3 Å². The number of aryl methyl sites for hydroxylation is 1. The van der Waals surface area contributed by atoms with Gasteiger partial charge in [0, 0.05) is 20.4 Å². The van der Waals surface area contributed by atoms with Crippen LogP contribution < -0.4 is 10.1 Å². The molecule has 0 unspecified atom stereocenters. The number of aromatic nitrogens is 1. The van der Waals surface area contributed by atoms with Gasteiger partial charge in [-0.1, -0.05) is 46.1 Å². The predicted molar refractivity (Wildman–Crippen MR) is 115 cm³/mol. The van der Waals surface area contributed by atoms with Gasteiger partial charge in [0.2, 0.25) is 0 Å². The van der Waals surface area contributed by atoms with Crippen molar-refractivity contribution >= 4 is 61.5 Å². The molecule has 0 spiro atoms. The maximum absolute atomic E-state index is 12.2. The van der Waals surface area contributed by atoms with E-state index in [1.807, 2.05) is 30.5 Å². The number of halogens is 3. The molecule has 140 valence electrons. The van der Waals surface area contributed by atoms with Crippen molar-refractivity contribution in [2.75, 3.05) is 11.9 Å². The molecule has 3 aromatic rings. The standard InChI is InChI=1S/C19H15BrCl2N2O2S/c1-2-11-7-12(20)3-6-17(11)26-9-18(25)24-19-23-16(10-27-19)14-5-4-13(21)8-15(14)22/h3-8,10H,2,9H2,1H3,(H,23,24,25). The summed E-state index contributed by atoms with van der Waals surface area (Å²) in [6.45, 7) is 1.94. The Hall–Kier alpha value is -1.60. The van der Waals surface area contributed by atoms with Crippen LogP contribution in [-0.4, -0.2) is 17.5 Å². The molecule has 8 heteroatoms. The fraction of sp³-hybridized carbons (Fsp3) is 0.158. The third-order valence-electron chi connectivity index (χ3n) is 3.72. The van der Waals surface area contributed by atoms with E-state index in [1.165, 1.54) is 11.3 Å². The Kier molecular flexibility index (Phi) is 6.76. The van der Waals surface area contributed by atoms with Gasteiger partial charge in [-0.15, -0.1) is 11.3 Å². The average Bonchev–Trinajstić information content (AvgIpc) is 3.08. The third kappa shape index (κ3) is 5.23. The minimum absolute atomic E-state index is 0.0920. The first-order chi connectivity index (χ1) is 13.0. The number of benzene rings is 2. The molecule has 0 aliphatic heterocycles. The van der Waals surface area contributed by atoms with Crippen LogP contribution in [0.15, 0.2) is 46.3 Å². The number of rotatable bonds is 6. The van der Waals surface area contributed by atoms with E-state index in [2.05, 4.69) is 26.2 Å². The van der Waals surface area contributed by atoms with Gasteiger partial charge in [-0.3, -0.25) is 10.1 Å². The number of carbonyl (C=O) groups is 1. The SMILES string of the molecule is CCc1cc(Br)ccc1OCC(=O)Nc1nc(-c2ccc(Cl)cc2Cl)cs1. The number of anilines is 1. The molecule has 3 rings (SSSR count). The Bertz CT molecular complexity index is 978. The lowest BCUT2D eigenvalue weighted by atomic mass is 10.1. The molecule has 0 aliphatic carbocycles. The van der Waals surface area contributed by atoms with E-state index >= 15 is 0 Å². The second kappa shape index (κ2) is 9.06. The molecule has 0 saturated carbocycles. The highest BCUT2D eigenvalue weighted by Crippen LogP contribution is 2.32. The van der Waals surface area contributed by atoms with Gasteiger partial charge in [0.1, 0.15) is 5.75 Å². The van der Waals surface area contributed by atoms with Gasteiger partial charge in [0.15, 0.2) is 11.7 Å². The first-order valence-electron chi connectivity index (χ1n) is 8.08. The molecule has 0 fully saturated rings. The van der Waals surface area contributed by atoms with E-state index in [1.54, 1.807) is 18.2 Å². The molecule has 2 aromatic carbocycles. The zero-order valence-corrected chi connectivity index (χ0v) is 18.2. The molecule has 0 aliphatic rings. The Morgan fingerprint density at radius 2 is 2.07 bits per heavy atom. The van der Waals surface area contributed by atoms with Gasteiger partial charge in [0.25, 0.3) is 5.91 Å². The minimum atomic E-state index is -0.275. The normalized spacial score (nSPS) is 10.7. The van der Waals surface area contributed by atoms with Crippen LogP contribution in [0.4, 0.5) is 5.13 Å². The summed E-state index contributed by atoms with van der Waals surface area (Å²) in [7, 11) is 0. The lowest BCUT2D eigenvalue weighted by molar-refractivity contribution is -0.118. The number of hydrogen-bond donors (Lipinski definition) is 1. The topological polar surface area (TPSA) is 51.2 Å². The van der Waals surface area contributed by atoms with E-state index in [9.17, 15) is 4.79 Å². The molecule has 0 atom stereocenters. The fourth-order valence-electron chi connectivity index (χ4n) is 2.42. The highest BCUT2D eigenvalue weighted by molar-refractivity contribution is 9.10. The number of nitrogens with one attached hydrogen (secondary N) is 1. The summed E-state index contributed by atoms with van der Waals surface area (Å²) < 4.78 is 6.63. The van der Waals surface area contributed by atoms with Gasteiger partial charge in [-0.05, 0) is 48.4 Å². The minimum Gasteiger partial charge on any atom is -0.483 e. The molecule has 4 nitrogen and oxygen atoms in total. The fourth-order valence-corrected chi connectivity index (χ4v) is 4.06. The van der Waals surface area contributed by atoms with Gasteiger partial charge in [0.05, 0.1) is 10.7 Å². The zero-order valence-electron chi connectivity index (χ0n) is 14.3. The van der Waals surface area contributed by atoms with Crippen molar-refractivity contribution in [2.45, 2.75) is 13.3 Å². The van der Waals surface area contributed by atoms with Crippen molar-refractivity contribution in [1.29, 1.82) is 0 Å². The van der Waals surface area contributed by atoms with Crippen molar-refractivity contribution in [3.8, 4) is 17.0 Å². The lowest BCUT2D eigenvalue weighted by Gasteiger charge is -2.10. The molecule has 1 heterocycles. The van der Waals surface area contributed by atoms with E-state index in [4.69, 9.17) is 27.9 Å². The number of carbonyl (C=O) groups excluding carboxylic acids is 1. The Balaban J connectivity index is 1.63. The van der Waals surface area contributed by atoms with Gasteiger partial charge in [-0.2, -0.15) is 0 Å². The Morgan fingerprint density at radius 1 is 1.26 bits per heavy atom. The van der Waals surface area contributed by atoms with Crippen LogP contribution in [0, 0.1) is 0 Å². The highest BCUT2D eigenvalue weighted by atomic mass is 79.9. The van der Waals surface area contributed by atoms with Crippen LogP contribution in [0.5, 0.6) is 5.75 Å². The second-order valence-electron chi connectivity index (χ2n) is 5.60. The van der Waals surface area contributed by atoms with E-state index < -0.39 is 0 Å². The molecule has 0 radical (unpaired) electrons. The van der Waals surface area contributed by atoms with Crippen LogP contribution in [0.3, 0.4) is 0 Å². The molecule has 0 bridgehead atoms. The van der Waals surface area contributed by atoms with Crippen LogP contribution in [-0.2, 0) is 11.2 Å². The van der Waals surface area contributed by atoms with Gasteiger partial charge >= 0.3 is 0 Å². The van der Waals surface area contributed by atoms with Crippen molar-refractivity contribution in [3.63, 3.8) is 0 Å². The smallest absolute Gasteiger partial charge is 0.264 e. The summed E-state index contributed by atoms with van der Waals surface area (Å²) in [4.78, 5) is 16.6. The first kappa shape index (κ1) is 20.1. The second-order valence-corrected chi connectivity index (χ2v) is 8.22. The first-order valence-corrected chi connectivity index (χ1v) is 10.5. The number of hydrogen-bond acceptors (Lipinski definition) is 4. The zero-order chi connectivity index (χ0) is 19.4. The van der Waals surface area contributed by atoms with Crippen LogP contribution in [0.1, 0.15) is 12.5 Å². The van der Waals surface area contributed by atoms with E-state index in [-0.39, 0.29) is 12.5 Å². The molecule has 1 aromatic heterocycles. The predicted octanol–water partition coefficient (Wildman–Crippen LogP) is 6.46.